The van der Waals surface area contributed by atoms with Crippen molar-refractivity contribution in [1.82, 2.24) is 10.2 Å². The maximum atomic E-state index is 12.5. The topological polar surface area (TPSA) is 58.6 Å². The minimum absolute atomic E-state index is 0.0523. The summed E-state index contributed by atoms with van der Waals surface area (Å²) in [4.78, 5) is 27.3. The molecule has 1 aromatic carbocycles. The first-order valence-corrected chi connectivity index (χ1v) is 9.35. The highest BCUT2D eigenvalue weighted by Gasteiger charge is 2.34. The molecular formula is C19H22N2O3S. The molecule has 1 N–H and O–H groups in total. The monoisotopic (exact) mass is 358 g/mol. The predicted molar refractivity (Wildman–Crippen MR) is 98.1 cm³/mol. The SMILES string of the molecule is Cc1ccc(OCCNC(=O)C2CCCN2C(=O)c2cccs2)cc1. The lowest BCUT2D eigenvalue weighted by atomic mass is 10.2. The van der Waals surface area contributed by atoms with E-state index in [1.807, 2.05) is 42.6 Å². The Morgan fingerprint density at radius 2 is 2.08 bits per heavy atom. The highest BCUT2D eigenvalue weighted by atomic mass is 32.1. The van der Waals surface area contributed by atoms with E-state index >= 15 is 0 Å². The van der Waals surface area contributed by atoms with Gasteiger partial charge in [0, 0.05) is 6.54 Å². The van der Waals surface area contributed by atoms with Gasteiger partial charge in [0.05, 0.1) is 11.4 Å². The third kappa shape index (κ3) is 4.39. The van der Waals surface area contributed by atoms with Gasteiger partial charge in [-0.15, -0.1) is 11.3 Å². The predicted octanol–water partition coefficient (Wildman–Crippen LogP) is 2.86. The summed E-state index contributed by atoms with van der Waals surface area (Å²) >= 11 is 1.41. The van der Waals surface area contributed by atoms with Gasteiger partial charge in [-0.25, -0.2) is 0 Å². The number of hydrogen-bond acceptors (Lipinski definition) is 4. The highest BCUT2D eigenvalue weighted by Crippen LogP contribution is 2.22. The first-order chi connectivity index (χ1) is 12.1. The second-order valence-electron chi connectivity index (χ2n) is 6.09. The van der Waals surface area contributed by atoms with E-state index in [9.17, 15) is 9.59 Å². The van der Waals surface area contributed by atoms with Gasteiger partial charge < -0.3 is 15.0 Å². The first-order valence-electron chi connectivity index (χ1n) is 8.47. The number of benzene rings is 1. The smallest absolute Gasteiger partial charge is 0.264 e. The molecule has 1 unspecified atom stereocenters. The van der Waals surface area contributed by atoms with Gasteiger partial charge in [0.1, 0.15) is 18.4 Å². The molecule has 2 amide bonds. The molecule has 1 fully saturated rings. The fraction of sp³-hybridized carbons (Fsp3) is 0.368. The summed E-state index contributed by atoms with van der Waals surface area (Å²) in [5, 5.41) is 4.76. The minimum Gasteiger partial charge on any atom is -0.492 e. The number of hydrogen-bond donors (Lipinski definition) is 1. The van der Waals surface area contributed by atoms with Crippen molar-refractivity contribution in [3.05, 3.63) is 52.2 Å². The van der Waals surface area contributed by atoms with Crippen LogP contribution in [0.15, 0.2) is 41.8 Å². The van der Waals surface area contributed by atoms with Crippen LogP contribution in [0.4, 0.5) is 0 Å². The van der Waals surface area contributed by atoms with Gasteiger partial charge >= 0.3 is 0 Å². The maximum Gasteiger partial charge on any atom is 0.264 e. The third-order valence-electron chi connectivity index (χ3n) is 4.24. The van der Waals surface area contributed by atoms with Crippen molar-refractivity contribution >= 4 is 23.2 Å². The summed E-state index contributed by atoms with van der Waals surface area (Å²) in [5.74, 6) is 0.633. The Kier molecular flexibility index (Phi) is 5.71. The van der Waals surface area contributed by atoms with Gasteiger partial charge in [-0.05, 0) is 43.3 Å². The summed E-state index contributed by atoms with van der Waals surface area (Å²) < 4.78 is 5.61. The number of carbonyl (C=O) groups is 2. The normalized spacial score (nSPS) is 16.7. The molecule has 1 saturated heterocycles. The molecule has 0 spiro atoms. The molecule has 0 radical (unpaired) electrons. The van der Waals surface area contributed by atoms with E-state index in [-0.39, 0.29) is 17.9 Å². The summed E-state index contributed by atoms with van der Waals surface area (Å²) in [6.45, 7) is 3.48. The molecule has 3 rings (SSSR count). The van der Waals surface area contributed by atoms with Crippen molar-refractivity contribution in [2.75, 3.05) is 19.7 Å². The van der Waals surface area contributed by atoms with Gasteiger partial charge in [-0.3, -0.25) is 9.59 Å². The first kappa shape index (κ1) is 17.5. The van der Waals surface area contributed by atoms with E-state index in [0.29, 0.717) is 31.0 Å². The van der Waals surface area contributed by atoms with E-state index in [1.165, 1.54) is 16.9 Å². The van der Waals surface area contributed by atoms with Crippen molar-refractivity contribution in [2.45, 2.75) is 25.8 Å². The van der Waals surface area contributed by atoms with Gasteiger partial charge in [0.15, 0.2) is 0 Å². The zero-order chi connectivity index (χ0) is 17.6. The van der Waals surface area contributed by atoms with Gasteiger partial charge in [-0.2, -0.15) is 0 Å². The van der Waals surface area contributed by atoms with Crippen LogP contribution >= 0.6 is 11.3 Å². The molecule has 25 heavy (non-hydrogen) atoms. The molecule has 0 bridgehead atoms. The minimum atomic E-state index is -0.381. The molecule has 132 valence electrons. The fourth-order valence-electron chi connectivity index (χ4n) is 2.92. The van der Waals surface area contributed by atoms with Crippen LogP contribution in [-0.2, 0) is 4.79 Å². The number of carbonyl (C=O) groups excluding carboxylic acids is 2. The van der Waals surface area contributed by atoms with Crippen molar-refractivity contribution in [3.8, 4) is 5.75 Å². The van der Waals surface area contributed by atoms with Crippen LogP contribution < -0.4 is 10.1 Å². The van der Waals surface area contributed by atoms with Gasteiger partial charge in [0.25, 0.3) is 5.91 Å². The second kappa shape index (κ2) is 8.16. The summed E-state index contributed by atoms with van der Waals surface area (Å²) in [6.07, 6.45) is 1.57. The Balaban J connectivity index is 1.47. The number of thiophene rings is 1. The Morgan fingerprint density at radius 3 is 2.80 bits per heavy atom. The molecule has 2 heterocycles. The molecule has 1 atom stereocenters. The van der Waals surface area contributed by atoms with Crippen LogP contribution in [0.25, 0.3) is 0 Å². The van der Waals surface area contributed by atoms with E-state index < -0.39 is 0 Å². The molecule has 2 aromatic rings. The van der Waals surface area contributed by atoms with Crippen LogP contribution in [0, 0.1) is 6.92 Å². The molecule has 1 aromatic heterocycles. The lowest BCUT2D eigenvalue weighted by molar-refractivity contribution is -0.124. The van der Waals surface area contributed by atoms with Gasteiger partial charge in [-0.1, -0.05) is 23.8 Å². The number of nitrogens with one attached hydrogen (secondary N) is 1. The zero-order valence-corrected chi connectivity index (χ0v) is 15.1. The van der Waals surface area contributed by atoms with Crippen molar-refractivity contribution in [3.63, 3.8) is 0 Å². The number of rotatable bonds is 6. The van der Waals surface area contributed by atoms with Crippen molar-refractivity contribution in [1.29, 1.82) is 0 Å². The number of amides is 2. The largest absolute Gasteiger partial charge is 0.492 e. The zero-order valence-electron chi connectivity index (χ0n) is 14.2. The summed E-state index contributed by atoms with van der Waals surface area (Å²) in [5.41, 5.74) is 1.18. The van der Waals surface area contributed by atoms with Crippen LogP contribution in [0.3, 0.4) is 0 Å². The Labute approximate surface area is 151 Å². The lowest BCUT2D eigenvalue weighted by Crippen LogP contribution is -2.46. The van der Waals surface area contributed by atoms with Crippen LogP contribution in [-0.4, -0.2) is 42.5 Å². The number of nitrogens with zero attached hydrogens (tertiary/aromatic N) is 1. The summed E-state index contributed by atoms with van der Waals surface area (Å²) in [6, 6.07) is 11.1. The lowest BCUT2D eigenvalue weighted by Gasteiger charge is -2.23. The number of ether oxygens (including phenoxy) is 1. The van der Waals surface area contributed by atoms with Crippen LogP contribution in [0.5, 0.6) is 5.75 Å². The molecular weight excluding hydrogens is 336 g/mol. The van der Waals surface area contributed by atoms with E-state index in [0.717, 1.165) is 12.2 Å². The average Bonchev–Trinajstić information content (AvgIpc) is 3.31. The quantitative estimate of drug-likeness (QED) is 0.808. The fourth-order valence-corrected chi connectivity index (χ4v) is 3.60. The number of aryl methyl sites for hydroxylation is 1. The molecule has 0 aliphatic carbocycles. The second-order valence-corrected chi connectivity index (χ2v) is 7.03. The van der Waals surface area contributed by atoms with E-state index in [4.69, 9.17) is 4.74 Å². The van der Waals surface area contributed by atoms with Crippen LogP contribution in [0.1, 0.15) is 28.1 Å². The molecule has 6 heteroatoms. The maximum absolute atomic E-state index is 12.5. The average molecular weight is 358 g/mol. The highest BCUT2D eigenvalue weighted by molar-refractivity contribution is 7.12. The van der Waals surface area contributed by atoms with E-state index in [2.05, 4.69) is 5.32 Å². The van der Waals surface area contributed by atoms with Crippen LogP contribution in [0.2, 0.25) is 0 Å². The number of likely N-dealkylation sites (tertiary alicyclic amines) is 1. The Hall–Kier alpha value is -2.34. The third-order valence-corrected chi connectivity index (χ3v) is 5.10. The molecule has 1 aliphatic heterocycles. The molecule has 5 nitrogen and oxygen atoms in total. The van der Waals surface area contributed by atoms with Crippen molar-refractivity contribution in [2.24, 2.45) is 0 Å². The van der Waals surface area contributed by atoms with E-state index in [1.54, 1.807) is 11.0 Å². The standard InChI is InChI=1S/C19H22N2O3S/c1-14-6-8-15(9-7-14)24-12-10-20-18(22)16-4-2-11-21(16)19(23)17-5-3-13-25-17/h3,5-9,13,16H,2,4,10-12H2,1H3,(H,20,22). The summed E-state index contributed by atoms with van der Waals surface area (Å²) in [7, 11) is 0. The molecule has 1 aliphatic rings. The Morgan fingerprint density at radius 1 is 1.28 bits per heavy atom. The molecule has 0 saturated carbocycles. The Bertz CT molecular complexity index is 713. The van der Waals surface area contributed by atoms with Gasteiger partial charge in [0.2, 0.25) is 5.91 Å². The van der Waals surface area contributed by atoms with Crippen molar-refractivity contribution < 1.29 is 14.3 Å².